The topological polar surface area (TPSA) is 0 Å². The van der Waals surface area contributed by atoms with Crippen LogP contribution in [-0.2, 0) is 0 Å². The SMILES string of the molecule is C=CCCCCCCCC(F)(F)C(F)(F)C(F)(F)C(F)(F)F. The molecule has 0 aliphatic heterocycles. The van der Waals surface area contributed by atoms with E-state index in [1.165, 1.54) is 0 Å². The zero-order chi connectivity index (χ0) is 17.7. The Hall–Kier alpha value is -0.890. The van der Waals surface area contributed by atoms with Crippen molar-refractivity contribution in [1.82, 2.24) is 0 Å². The summed E-state index contributed by atoms with van der Waals surface area (Å²) in [5.74, 6) is -18.7. The van der Waals surface area contributed by atoms with E-state index in [2.05, 4.69) is 6.58 Å². The third-order valence-corrected chi connectivity index (χ3v) is 3.11. The first-order valence-corrected chi connectivity index (χ1v) is 6.62. The maximum Gasteiger partial charge on any atom is 0.460 e. The van der Waals surface area contributed by atoms with Crippen molar-refractivity contribution in [3.8, 4) is 0 Å². The van der Waals surface area contributed by atoms with Crippen molar-refractivity contribution in [2.45, 2.75) is 68.9 Å². The molecule has 22 heavy (non-hydrogen) atoms. The van der Waals surface area contributed by atoms with E-state index in [0.29, 0.717) is 25.7 Å². The van der Waals surface area contributed by atoms with Crippen LogP contribution in [0, 0.1) is 0 Å². The maximum absolute atomic E-state index is 13.1. The smallest absolute Gasteiger partial charge is 0.200 e. The lowest BCUT2D eigenvalue weighted by Crippen LogP contribution is -2.60. The second-order valence-electron chi connectivity index (χ2n) is 4.95. The van der Waals surface area contributed by atoms with E-state index in [0.717, 1.165) is 0 Å². The number of hydrogen-bond acceptors (Lipinski definition) is 0. The Labute approximate surface area is 122 Å². The van der Waals surface area contributed by atoms with Gasteiger partial charge in [-0.3, -0.25) is 0 Å². The van der Waals surface area contributed by atoms with E-state index < -0.39 is 36.8 Å². The van der Waals surface area contributed by atoms with Gasteiger partial charge in [-0.2, -0.15) is 39.5 Å². The molecule has 0 spiro atoms. The molecule has 0 aliphatic carbocycles. The number of halogens is 9. The first-order chi connectivity index (χ1) is 9.81. The van der Waals surface area contributed by atoms with Crippen LogP contribution in [0.3, 0.4) is 0 Å². The van der Waals surface area contributed by atoms with Crippen molar-refractivity contribution < 1.29 is 39.5 Å². The minimum Gasteiger partial charge on any atom is -0.200 e. The third kappa shape index (κ3) is 4.81. The molecule has 0 heterocycles. The molecule has 0 N–H and O–H groups in total. The molecular weight excluding hydrogens is 327 g/mol. The third-order valence-electron chi connectivity index (χ3n) is 3.11. The highest BCUT2D eigenvalue weighted by atomic mass is 19.4. The Morgan fingerprint density at radius 1 is 0.636 bits per heavy atom. The highest BCUT2D eigenvalue weighted by Crippen LogP contribution is 2.54. The average Bonchev–Trinajstić information content (AvgIpc) is 2.35. The molecule has 0 unspecified atom stereocenters. The lowest BCUT2D eigenvalue weighted by atomic mass is 9.98. The second-order valence-corrected chi connectivity index (χ2v) is 4.95. The Morgan fingerprint density at radius 2 is 1.09 bits per heavy atom. The molecule has 0 bridgehead atoms. The van der Waals surface area contributed by atoms with Crippen molar-refractivity contribution >= 4 is 0 Å². The Balaban J connectivity index is 4.56. The molecule has 0 radical (unpaired) electrons. The van der Waals surface area contributed by atoms with Gasteiger partial charge in [-0.05, 0) is 19.3 Å². The zero-order valence-corrected chi connectivity index (χ0v) is 11.6. The molecule has 0 rings (SSSR count). The van der Waals surface area contributed by atoms with Crippen LogP contribution >= 0.6 is 0 Å². The number of rotatable bonds is 10. The first-order valence-electron chi connectivity index (χ1n) is 6.62. The summed E-state index contributed by atoms with van der Waals surface area (Å²) in [5, 5.41) is 0. The van der Waals surface area contributed by atoms with E-state index in [1.807, 2.05) is 0 Å². The quantitative estimate of drug-likeness (QED) is 0.245. The van der Waals surface area contributed by atoms with E-state index in [1.54, 1.807) is 6.08 Å². The molecule has 9 heteroatoms. The Bertz CT molecular complexity index is 344. The molecule has 0 aliphatic rings. The fraction of sp³-hybridized carbons (Fsp3) is 0.846. The molecule has 0 aromatic rings. The Morgan fingerprint density at radius 3 is 1.55 bits per heavy atom. The largest absolute Gasteiger partial charge is 0.460 e. The predicted octanol–water partition coefficient (Wildman–Crippen LogP) is 6.37. The van der Waals surface area contributed by atoms with Crippen molar-refractivity contribution in [2.24, 2.45) is 0 Å². The van der Waals surface area contributed by atoms with Gasteiger partial charge in [-0.1, -0.05) is 25.3 Å². The minimum atomic E-state index is -6.78. The van der Waals surface area contributed by atoms with Gasteiger partial charge in [0.1, 0.15) is 0 Å². The van der Waals surface area contributed by atoms with Gasteiger partial charge in [-0.25, -0.2) is 0 Å². The van der Waals surface area contributed by atoms with Gasteiger partial charge in [0.15, 0.2) is 0 Å². The van der Waals surface area contributed by atoms with Crippen LogP contribution in [0.25, 0.3) is 0 Å². The maximum atomic E-state index is 13.1. The molecular formula is C13H17F9. The predicted molar refractivity (Wildman–Crippen MR) is 63.4 cm³/mol. The van der Waals surface area contributed by atoms with Crippen LogP contribution in [0.1, 0.15) is 44.9 Å². The van der Waals surface area contributed by atoms with Crippen LogP contribution in [0.2, 0.25) is 0 Å². The number of alkyl halides is 9. The van der Waals surface area contributed by atoms with Crippen molar-refractivity contribution in [3.05, 3.63) is 12.7 Å². The van der Waals surface area contributed by atoms with Crippen molar-refractivity contribution in [3.63, 3.8) is 0 Å². The summed E-state index contributed by atoms with van der Waals surface area (Å²) in [6.45, 7) is 3.45. The summed E-state index contributed by atoms with van der Waals surface area (Å²) in [6.07, 6.45) is -4.97. The zero-order valence-electron chi connectivity index (χ0n) is 11.6. The lowest BCUT2D eigenvalue weighted by Gasteiger charge is -2.33. The summed E-state index contributed by atoms with van der Waals surface area (Å²) in [6, 6.07) is 0. The minimum absolute atomic E-state index is 0.0421. The van der Waals surface area contributed by atoms with Crippen LogP contribution in [0.4, 0.5) is 39.5 Å². The summed E-state index contributed by atoms with van der Waals surface area (Å²) in [5.41, 5.74) is 0. The van der Waals surface area contributed by atoms with Gasteiger partial charge in [0.05, 0.1) is 0 Å². The highest BCUT2D eigenvalue weighted by Gasteiger charge is 2.81. The van der Waals surface area contributed by atoms with Crippen LogP contribution in [0.15, 0.2) is 12.7 Å². The summed E-state index contributed by atoms with van der Waals surface area (Å²) in [7, 11) is 0. The molecule has 0 aromatic carbocycles. The van der Waals surface area contributed by atoms with Gasteiger partial charge in [0.2, 0.25) is 0 Å². The van der Waals surface area contributed by atoms with Gasteiger partial charge in [0.25, 0.3) is 0 Å². The average molecular weight is 344 g/mol. The van der Waals surface area contributed by atoms with E-state index >= 15 is 0 Å². The number of allylic oxidation sites excluding steroid dienone is 1. The van der Waals surface area contributed by atoms with E-state index in [9.17, 15) is 39.5 Å². The second kappa shape index (κ2) is 7.59. The van der Waals surface area contributed by atoms with Gasteiger partial charge in [0, 0.05) is 6.42 Å². The number of unbranched alkanes of at least 4 members (excludes halogenated alkanes) is 5. The molecule has 0 saturated carbocycles. The van der Waals surface area contributed by atoms with Gasteiger partial charge >= 0.3 is 23.9 Å². The molecule has 0 atom stereocenters. The number of hydrogen-bond donors (Lipinski definition) is 0. The van der Waals surface area contributed by atoms with E-state index in [4.69, 9.17) is 0 Å². The van der Waals surface area contributed by atoms with E-state index in [-0.39, 0.29) is 6.42 Å². The lowest BCUT2D eigenvalue weighted by molar-refractivity contribution is -0.396. The normalized spacial score (nSPS) is 14.2. The van der Waals surface area contributed by atoms with Gasteiger partial charge < -0.3 is 0 Å². The molecule has 0 nitrogen and oxygen atoms in total. The summed E-state index contributed by atoms with van der Waals surface area (Å²) in [4.78, 5) is 0. The standard InChI is InChI=1S/C13H17F9/c1-2-3-4-5-6-7-8-9-10(14,15)11(16,17)12(18,19)13(20,21)22/h2H,1,3-9H2. The summed E-state index contributed by atoms with van der Waals surface area (Å²) < 4.78 is 113. The highest BCUT2D eigenvalue weighted by molar-refractivity contribution is 5.00. The monoisotopic (exact) mass is 344 g/mol. The molecule has 0 saturated heterocycles. The van der Waals surface area contributed by atoms with Crippen LogP contribution < -0.4 is 0 Å². The van der Waals surface area contributed by atoms with Crippen molar-refractivity contribution in [1.29, 1.82) is 0 Å². The molecule has 132 valence electrons. The van der Waals surface area contributed by atoms with Crippen molar-refractivity contribution in [2.75, 3.05) is 0 Å². The first kappa shape index (κ1) is 21.1. The Kier molecular flexibility index (Phi) is 7.28. The molecule has 0 aromatic heterocycles. The van der Waals surface area contributed by atoms with Crippen LogP contribution in [-0.4, -0.2) is 23.9 Å². The fourth-order valence-electron chi connectivity index (χ4n) is 1.73. The van der Waals surface area contributed by atoms with Gasteiger partial charge in [-0.15, -0.1) is 6.58 Å². The van der Waals surface area contributed by atoms with Crippen LogP contribution in [0.5, 0.6) is 0 Å². The molecule has 0 fully saturated rings. The summed E-state index contributed by atoms with van der Waals surface area (Å²) >= 11 is 0. The fourth-order valence-corrected chi connectivity index (χ4v) is 1.73. The molecule has 0 amide bonds.